The highest BCUT2D eigenvalue weighted by molar-refractivity contribution is 9.10. The van der Waals surface area contributed by atoms with Crippen molar-refractivity contribution in [3.8, 4) is 5.69 Å². The summed E-state index contributed by atoms with van der Waals surface area (Å²) < 4.78 is 3.15. The van der Waals surface area contributed by atoms with Gasteiger partial charge in [-0.3, -0.25) is 9.59 Å². The molecule has 2 bridgehead atoms. The molecule has 2 aromatic rings. The highest BCUT2D eigenvalue weighted by Gasteiger charge is 2.67. The van der Waals surface area contributed by atoms with E-state index >= 15 is 0 Å². The number of hydrogen-bond donors (Lipinski definition) is 0. The van der Waals surface area contributed by atoms with Crippen LogP contribution in [0.3, 0.4) is 0 Å². The number of aromatic nitrogens is 1. The number of carbonyl (C=O) groups excluding carboxylic acids is 2. The fourth-order valence-electron chi connectivity index (χ4n) is 6.10. The summed E-state index contributed by atoms with van der Waals surface area (Å²) in [6.07, 6.45) is 7.20. The summed E-state index contributed by atoms with van der Waals surface area (Å²) >= 11 is 3.62. The Labute approximate surface area is 183 Å². The number of aryl methyl sites for hydroxylation is 1. The number of halogens is 1. The third-order valence-electron chi connectivity index (χ3n) is 7.52. The minimum absolute atomic E-state index is 0.120. The summed E-state index contributed by atoms with van der Waals surface area (Å²) in [6, 6.07) is 10.1. The standard InChI is InChI=1S/C24H22BrN3O2/c1-12-9-14(13(2)27(12)20-6-4-3-5-19(20)25)11-26-28-23(29)21-15-7-8-16(18-10-17(15)18)22(21)24(28)30/h3-9,11,15-18,21-22H,10H2,1-2H3/b26-11-/t15-,16-,17-,18-,21-,22+/m0/s1. The third kappa shape index (κ3) is 2.37. The number of para-hydroxylation sites is 1. The molecule has 2 heterocycles. The number of allylic oxidation sites excluding steroid dienone is 2. The Bertz CT molecular complexity index is 1130. The van der Waals surface area contributed by atoms with E-state index in [1.165, 1.54) is 6.42 Å². The molecule has 5 aliphatic rings. The van der Waals surface area contributed by atoms with Gasteiger partial charge in [-0.15, -0.1) is 0 Å². The van der Waals surface area contributed by atoms with E-state index < -0.39 is 0 Å². The number of imide groups is 1. The van der Waals surface area contributed by atoms with Gasteiger partial charge in [0.2, 0.25) is 0 Å². The molecule has 0 N–H and O–H groups in total. The molecule has 1 aromatic heterocycles. The third-order valence-corrected chi connectivity index (χ3v) is 8.19. The van der Waals surface area contributed by atoms with Gasteiger partial charge in [-0.1, -0.05) is 24.3 Å². The van der Waals surface area contributed by atoms with Crippen LogP contribution < -0.4 is 0 Å². The van der Waals surface area contributed by atoms with Crippen molar-refractivity contribution in [2.75, 3.05) is 0 Å². The van der Waals surface area contributed by atoms with Crippen LogP contribution in [0.5, 0.6) is 0 Å². The summed E-state index contributed by atoms with van der Waals surface area (Å²) in [4.78, 5) is 26.2. The summed E-state index contributed by atoms with van der Waals surface area (Å²) in [5.74, 6) is 0.998. The van der Waals surface area contributed by atoms with Gasteiger partial charge in [-0.25, -0.2) is 0 Å². The van der Waals surface area contributed by atoms with E-state index in [1.54, 1.807) is 6.21 Å². The summed E-state index contributed by atoms with van der Waals surface area (Å²) in [5.41, 5.74) is 4.04. The number of hydrazone groups is 1. The topological polar surface area (TPSA) is 54.7 Å². The number of nitrogens with zero attached hydrogens (tertiary/aromatic N) is 3. The largest absolute Gasteiger partial charge is 0.317 e. The fraction of sp³-hybridized carbons (Fsp3) is 0.375. The normalized spacial score (nSPS) is 33.5. The van der Waals surface area contributed by atoms with Crippen LogP contribution in [0.15, 0.2) is 52.1 Å². The smallest absolute Gasteiger partial charge is 0.254 e. The van der Waals surface area contributed by atoms with Crippen LogP contribution in [-0.4, -0.2) is 27.6 Å². The van der Waals surface area contributed by atoms with Crippen LogP contribution >= 0.6 is 15.9 Å². The molecule has 0 radical (unpaired) electrons. The van der Waals surface area contributed by atoms with Gasteiger partial charge in [0.1, 0.15) is 0 Å². The molecule has 1 saturated heterocycles. The quantitative estimate of drug-likeness (QED) is 0.388. The Kier molecular flexibility index (Phi) is 3.82. The number of amides is 2. The first-order chi connectivity index (χ1) is 14.5. The number of rotatable bonds is 3. The first kappa shape index (κ1) is 18.3. The molecule has 0 spiro atoms. The zero-order valence-corrected chi connectivity index (χ0v) is 18.4. The second kappa shape index (κ2) is 6.27. The van der Waals surface area contributed by atoms with E-state index in [-0.39, 0.29) is 35.5 Å². The fourth-order valence-corrected chi connectivity index (χ4v) is 6.56. The lowest BCUT2D eigenvalue weighted by Gasteiger charge is -2.37. The van der Waals surface area contributed by atoms with Crippen LogP contribution in [0, 0.1) is 49.4 Å². The maximum Gasteiger partial charge on any atom is 0.254 e. The van der Waals surface area contributed by atoms with Crippen LogP contribution in [-0.2, 0) is 9.59 Å². The van der Waals surface area contributed by atoms with E-state index in [0.29, 0.717) is 11.8 Å². The SMILES string of the molecule is Cc1cc(/C=N\N2C(=O)[C@@H]3[C@H]4C=C[C@@H]([C@@H]5C[C@@H]45)[C@@H]3C2=O)c(C)n1-c1ccccc1Br. The Morgan fingerprint density at radius 2 is 1.67 bits per heavy atom. The first-order valence-corrected chi connectivity index (χ1v) is 11.3. The average Bonchev–Trinajstić information content (AvgIpc) is 3.46. The first-order valence-electron chi connectivity index (χ1n) is 10.5. The molecular weight excluding hydrogens is 442 g/mol. The lowest BCUT2D eigenvalue weighted by Crippen LogP contribution is -2.40. The van der Waals surface area contributed by atoms with Crippen molar-refractivity contribution in [2.24, 2.45) is 40.6 Å². The predicted octanol–water partition coefficient (Wildman–Crippen LogP) is 4.24. The Balaban J connectivity index is 1.32. The highest BCUT2D eigenvalue weighted by atomic mass is 79.9. The highest BCUT2D eigenvalue weighted by Crippen LogP contribution is 2.65. The Morgan fingerprint density at radius 1 is 1.03 bits per heavy atom. The average molecular weight is 464 g/mol. The second-order valence-corrected chi connectivity index (χ2v) is 9.86. The van der Waals surface area contributed by atoms with Crippen molar-refractivity contribution in [3.05, 3.63) is 63.9 Å². The zero-order chi connectivity index (χ0) is 20.7. The van der Waals surface area contributed by atoms with Crippen molar-refractivity contribution < 1.29 is 9.59 Å². The molecule has 0 unspecified atom stereocenters. The number of benzene rings is 1. The van der Waals surface area contributed by atoms with Gasteiger partial charge < -0.3 is 4.57 Å². The molecule has 4 aliphatic carbocycles. The van der Waals surface area contributed by atoms with Gasteiger partial charge in [0.15, 0.2) is 0 Å². The molecule has 7 rings (SSSR count). The van der Waals surface area contributed by atoms with Crippen molar-refractivity contribution in [3.63, 3.8) is 0 Å². The lowest BCUT2D eigenvalue weighted by molar-refractivity contribution is -0.140. The molecule has 6 atom stereocenters. The van der Waals surface area contributed by atoms with Crippen molar-refractivity contribution in [1.29, 1.82) is 0 Å². The Hall–Kier alpha value is -2.47. The molecule has 2 saturated carbocycles. The molecule has 2 amide bonds. The van der Waals surface area contributed by atoms with Gasteiger partial charge >= 0.3 is 0 Å². The van der Waals surface area contributed by atoms with Crippen LogP contribution in [0.1, 0.15) is 23.4 Å². The summed E-state index contributed by atoms with van der Waals surface area (Å²) in [6.45, 7) is 4.07. The molecule has 30 heavy (non-hydrogen) atoms. The lowest BCUT2D eigenvalue weighted by atomic mass is 9.63. The van der Waals surface area contributed by atoms with Gasteiger partial charge in [0.05, 0.1) is 23.7 Å². The predicted molar refractivity (Wildman–Crippen MR) is 117 cm³/mol. The van der Waals surface area contributed by atoms with Crippen molar-refractivity contribution in [2.45, 2.75) is 20.3 Å². The summed E-state index contributed by atoms with van der Waals surface area (Å²) in [5, 5.41) is 5.55. The minimum atomic E-state index is -0.207. The molecule has 5 nitrogen and oxygen atoms in total. The van der Waals surface area contributed by atoms with E-state index in [0.717, 1.165) is 32.1 Å². The molecule has 3 fully saturated rings. The molecule has 1 aromatic carbocycles. The Morgan fingerprint density at radius 3 is 2.30 bits per heavy atom. The molecular formula is C24H22BrN3O2. The zero-order valence-electron chi connectivity index (χ0n) is 16.8. The van der Waals surface area contributed by atoms with Crippen LogP contribution in [0.4, 0.5) is 0 Å². The van der Waals surface area contributed by atoms with Crippen molar-refractivity contribution in [1.82, 2.24) is 9.58 Å². The minimum Gasteiger partial charge on any atom is -0.317 e. The van der Waals surface area contributed by atoms with Gasteiger partial charge in [0, 0.05) is 21.4 Å². The molecule has 1 aliphatic heterocycles. The monoisotopic (exact) mass is 463 g/mol. The van der Waals surface area contributed by atoms with Gasteiger partial charge in [-0.05, 0) is 78.1 Å². The second-order valence-electron chi connectivity index (χ2n) is 9.00. The van der Waals surface area contributed by atoms with E-state index in [2.05, 4.69) is 43.8 Å². The van der Waals surface area contributed by atoms with Crippen LogP contribution in [0.25, 0.3) is 5.69 Å². The van der Waals surface area contributed by atoms with Crippen molar-refractivity contribution >= 4 is 34.0 Å². The number of hydrogen-bond acceptors (Lipinski definition) is 3. The van der Waals surface area contributed by atoms with Crippen LogP contribution in [0.2, 0.25) is 0 Å². The number of carbonyl (C=O) groups is 2. The summed E-state index contributed by atoms with van der Waals surface area (Å²) in [7, 11) is 0. The van der Waals surface area contributed by atoms with Gasteiger partial charge in [-0.2, -0.15) is 10.1 Å². The van der Waals surface area contributed by atoms with E-state index in [9.17, 15) is 9.59 Å². The molecule has 152 valence electrons. The maximum atomic E-state index is 13.1. The van der Waals surface area contributed by atoms with E-state index in [1.807, 2.05) is 38.1 Å². The maximum absolute atomic E-state index is 13.1. The molecule has 6 heteroatoms. The van der Waals surface area contributed by atoms with Gasteiger partial charge in [0.25, 0.3) is 11.8 Å². The van der Waals surface area contributed by atoms with E-state index in [4.69, 9.17) is 0 Å².